The summed E-state index contributed by atoms with van der Waals surface area (Å²) in [5.41, 5.74) is 3.89. The lowest BCUT2D eigenvalue weighted by Gasteiger charge is -2.37. The van der Waals surface area contributed by atoms with Crippen molar-refractivity contribution in [2.24, 2.45) is 0 Å². The lowest BCUT2D eigenvalue weighted by molar-refractivity contribution is -0.120. The van der Waals surface area contributed by atoms with E-state index in [2.05, 4.69) is 53.6 Å². The van der Waals surface area contributed by atoms with Crippen LogP contribution in [0.5, 0.6) is 0 Å². The Labute approximate surface area is 131 Å². The van der Waals surface area contributed by atoms with Gasteiger partial charge in [-0.25, -0.2) is 0 Å². The zero-order valence-corrected chi connectivity index (χ0v) is 13.2. The molecule has 1 atom stereocenters. The molecule has 3 rings (SSSR count). The molecule has 4 heteroatoms. The predicted molar refractivity (Wildman–Crippen MR) is 86.7 cm³/mol. The topological polar surface area (TPSA) is 57.8 Å². The first-order valence-electron chi connectivity index (χ1n) is 7.90. The van der Waals surface area contributed by atoms with Gasteiger partial charge in [-0.15, -0.1) is 0 Å². The van der Waals surface area contributed by atoms with Gasteiger partial charge in [0.15, 0.2) is 0 Å². The molecule has 0 spiro atoms. The van der Waals surface area contributed by atoms with Crippen molar-refractivity contribution in [1.29, 1.82) is 0 Å². The molecule has 0 saturated heterocycles. The fraction of sp³-hybridized carbons (Fsp3) is 0.444. The van der Waals surface area contributed by atoms with Gasteiger partial charge in [-0.1, -0.05) is 38.1 Å². The van der Waals surface area contributed by atoms with E-state index in [1.807, 2.05) is 6.07 Å². The highest BCUT2D eigenvalue weighted by atomic mass is 16.1. The number of nitrogens with one attached hydrogen (secondary N) is 2. The molecule has 0 unspecified atom stereocenters. The van der Waals surface area contributed by atoms with E-state index in [1.165, 1.54) is 11.1 Å². The standard InChI is InChI=1S/C18H23N3O/c1-18(2)9-7-13(15-5-3-4-6-16(15)18)12-19-17(22)11-14-8-10-20-21-14/h3-6,8,10,13H,7,9,11-12H2,1-2H3,(H,19,22)(H,20,21)/t13-/m0/s1. The molecule has 0 aliphatic heterocycles. The fourth-order valence-electron chi connectivity index (χ4n) is 3.36. The third kappa shape index (κ3) is 3.06. The van der Waals surface area contributed by atoms with Gasteiger partial charge in [0, 0.05) is 24.4 Å². The Hall–Kier alpha value is -2.10. The van der Waals surface area contributed by atoms with Gasteiger partial charge in [-0.05, 0) is 35.4 Å². The smallest absolute Gasteiger partial charge is 0.226 e. The minimum Gasteiger partial charge on any atom is -0.355 e. The van der Waals surface area contributed by atoms with Crippen LogP contribution in [0, 0.1) is 0 Å². The predicted octanol–water partition coefficient (Wildman–Crippen LogP) is 2.92. The number of carbonyl (C=O) groups excluding carboxylic acids is 1. The number of aromatic nitrogens is 2. The number of hydrogen-bond acceptors (Lipinski definition) is 2. The molecule has 0 radical (unpaired) electrons. The van der Waals surface area contributed by atoms with Crippen LogP contribution in [0.25, 0.3) is 0 Å². The third-order valence-corrected chi connectivity index (χ3v) is 4.70. The van der Waals surface area contributed by atoms with Gasteiger partial charge < -0.3 is 5.32 Å². The van der Waals surface area contributed by atoms with E-state index in [-0.39, 0.29) is 11.3 Å². The van der Waals surface area contributed by atoms with Crippen molar-refractivity contribution in [1.82, 2.24) is 15.5 Å². The highest BCUT2D eigenvalue weighted by Gasteiger charge is 2.32. The number of H-pyrrole nitrogens is 1. The SMILES string of the molecule is CC1(C)CC[C@@H](CNC(=O)Cc2ccn[nH]2)c2ccccc21. The van der Waals surface area contributed by atoms with Crippen molar-refractivity contribution in [3.8, 4) is 0 Å². The first-order valence-corrected chi connectivity index (χ1v) is 7.90. The second kappa shape index (κ2) is 5.95. The summed E-state index contributed by atoms with van der Waals surface area (Å²) in [6.07, 6.45) is 4.31. The van der Waals surface area contributed by atoms with Crippen LogP contribution < -0.4 is 5.32 Å². The second-order valence-corrected chi connectivity index (χ2v) is 6.77. The summed E-state index contributed by atoms with van der Waals surface area (Å²) in [5, 5.41) is 9.76. The Balaban J connectivity index is 1.65. The molecule has 1 heterocycles. The Morgan fingerprint density at radius 1 is 1.36 bits per heavy atom. The second-order valence-electron chi connectivity index (χ2n) is 6.77. The van der Waals surface area contributed by atoms with Crippen LogP contribution >= 0.6 is 0 Å². The molecule has 0 bridgehead atoms. The maximum atomic E-state index is 12.0. The molecule has 22 heavy (non-hydrogen) atoms. The van der Waals surface area contributed by atoms with Gasteiger partial charge in [-0.3, -0.25) is 9.89 Å². The molecule has 4 nitrogen and oxygen atoms in total. The fourth-order valence-corrected chi connectivity index (χ4v) is 3.36. The summed E-state index contributed by atoms with van der Waals surface area (Å²) in [7, 11) is 0. The van der Waals surface area contributed by atoms with Gasteiger partial charge in [0.2, 0.25) is 5.91 Å². The van der Waals surface area contributed by atoms with Crippen molar-refractivity contribution in [3.05, 3.63) is 53.3 Å². The number of aromatic amines is 1. The Morgan fingerprint density at radius 3 is 2.95 bits per heavy atom. The molecule has 1 aliphatic carbocycles. The Morgan fingerprint density at radius 2 is 2.18 bits per heavy atom. The van der Waals surface area contributed by atoms with Crippen molar-refractivity contribution < 1.29 is 4.79 Å². The number of rotatable bonds is 4. The van der Waals surface area contributed by atoms with Crippen molar-refractivity contribution in [2.75, 3.05) is 6.54 Å². The van der Waals surface area contributed by atoms with Crippen molar-refractivity contribution in [3.63, 3.8) is 0 Å². The highest BCUT2D eigenvalue weighted by molar-refractivity contribution is 5.78. The summed E-state index contributed by atoms with van der Waals surface area (Å²) in [6.45, 7) is 5.32. The van der Waals surface area contributed by atoms with Gasteiger partial charge in [0.05, 0.1) is 6.42 Å². The monoisotopic (exact) mass is 297 g/mol. The van der Waals surface area contributed by atoms with E-state index in [0.29, 0.717) is 18.9 Å². The van der Waals surface area contributed by atoms with Crippen molar-refractivity contribution in [2.45, 2.75) is 44.4 Å². The first-order chi connectivity index (χ1) is 10.6. The maximum absolute atomic E-state index is 12.0. The van der Waals surface area contributed by atoms with Crippen LogP contribution in [0.1, 0.15) is 49.4 Å². The number of benzene rings is 1. The summed E-state index contributed by atoms with van der Waals surface area (Å²) in [6, 6.07) is 10.5. The Bertz CT molecular complexity index is 646. The van der Waals surface area contributed by atoms with Gasteiger partial charge in [0.1, 0.15) is 0 Å². The largest absolute Gasteiger partial charge is 0.355 e. The highest BCUT2D eigenvalue weighted by Crippen LogP contribution is 2.42. The molecule has 1 amide bonds. The van der Waals surface area contributed by atoms with Crippen LogP contribution in [0.15, 0.2) is 36.5 Å². The average Bonchev–Trinajstić information content (AvgIpc) is 2.99. The van der Waals surface area contributed by atoms with E-state index >= 15 is 0 Å². The number of amides is 1. The first kappa shape index (κ1) is 14.8. The van der Waals surface area contributed by atoms with Crippen molar-refractivity contribution >= 4 is 5.91 Å². The molecular formula is C18H23N3O. The third-order valence-electron chi connectivity index (χ3n) is 4.70. The lowest BCUT2D eigenvalue weighted by atomic mass is 9.69. The van der Waals surface area contributed by atoms with E-state index in [4.69, 9.17) is 0 Å². The normalized spacial score (nSPS) is 19.5. The maximum Gasteiger partial charge on any atom is 0.226 e. The molecule has 116 valence electrons. The van der Waals surface area contributed by atoms with E-state index in [0.717, 1.165) is 18.5 Å². The van der Waals surface area contributed by atoms with E-state index in [9.17, 15) is 4.79 Å². The van der Waals surface area contributed by atoms with Crippen LogP contribution in [0.2, 0.25) is 0 Å². The number of carbonyl (C=O) groups is 1. The van der Waals surface area contributed by atoms with Crippen LogP contribution in [0.4, 0.5) is 0 Å². The molecule has 0 saturated carbocycles. The molecule has 0 fully saturated rings. The van der Waals surface area contributed by atoms with Gasteiger partial charge in [-0.2, -0.15) is 5.10 Å². The summed E-state index contributed by atoms with van der Waals surface area (Å²) >= 11 is 0. The number of hydrogen-bond donors (Lipinski definition) is 2. The summed E-state index contributed by atoms with van der Waals surface area (Å²) < 4.78 is 0. The zero-order valence-electron chi connectivity index (χ0n) is 13.2. The quantitative estimate of drug-likeness (QED) is 0.911. The zero-order chi connectivity index (χ0) is 15.6. The molecular weight excluding hydrogens is 274 g/mol. The van der Waals surface area contributed by atoms with Gasteiger partial charge >= 0.3 is 0 Å². The molecule has 2 aromatic rings. The average molecular weight is 297 g/mol. The summed E-state index contributed by atoms with van der Waals surface area (Å²) in [4.78, 5) is 12.0. The molecule has 1 aromatic heterocycles. The molecule has 1 aromatic carbocycles. The molecule has 1 aliphatic rings. The van der Waals surface area contributed by atoms with Crippen LogP contribution in [0.3, 0.4) is 0 Å². The van der Waals surface area contributed by atoms with E-state index in [1.54, 1.807) is 6.20 Å². The minimum atomic E-state index is 0.0477. The lowest BCUT2D eigenvalue weighted by Crippen LogP contribution is -2.34. The van der Waals surface area contributed by atoms with Crippen LogP contribution in [-0.2, 0) is 16.6 Å². The summed E-state index contributed by atoms with van der Waals surface area (Å²) in [5.74, 6) is 0.460. The number of fused-ring (bicyclic) bond motifs is 1. The number of nitrogens with zero attached hydrogens (tertiary/aromatic N) is 1. The molecule has 2 N–H and O–H groups in total. The van der Waals surface area contributed by atoms with Gasteiger partial charge in [0.25, 0.3) is 0 Å². The minimum absolute atomic E-state index is 0.0477. The Kier molecular flexibility index (Phi) is 4.01. The van der Waals surface area contributed by atoms with E-state index < -0.39 is 0 Å². The van der Waals surface area contributed by atoms with Crippen LogP contribution in [-0.4, -0.2) is 22.6 Å².